The maximum atomic E-state index is 14.0. The molecule has 1 aromatic heterocycles. The molecule has 0 aliphatic carbocycles. The summed E-state index contributed by atoms with van der Waals surface area (Å²) in [6, 6.07) is 5.61. The van der Waals surface area contributed by atoms with Gasteiger partial charge in [0.15, 0.2) is 0 Å². The third-order valence-electron chi connectivity index (χ3n) is 4.61. The molecule has 0 spiro atoms. The number of rotatable bonds is 1. The third kappa shape index (κ3) is 5.43. The van der Waals surface area contributed by atoms with Gasteiger partial charge in [0.1, 0.15) is 11.4 Å². The van der Waals surface area contributed by atoms with Crippen molar-refractivity contribution in [1.29, 1.82) is 0 Å². The average molecular weight is 411 g/mol. The predicted molar refractivity (Wildman–Crippen MR) is 113 cm³/mol. The Hall–Kier alpha value is -3.22. The lowest BCUT2D eigenvalue weighted by Crippen LogP contribution is -2.35. The van der Waals surface area contributed by atoms with Crippen molar-refractivity contribution in [2.24, 2.45) is 5.92 Å². The fourth-order valence-corrected chi connectivity index (χ4v) is 3.14. The fourth-order valence-electron chi connectivity index (χ4n) is 3.14. The first-order valence-corrected chi connectivity index (χ1v) is 9.84. The van der Waals surface area contributed by atoms with Gasteiger partial charge in [-0.3, -0.25) is 9.78 Å². The number of fused-ring (bicyclic) bond motifs is 4. The minimum absolute atomic E-state index is 0.208. The summed E-state index contributed by atoms with van der Waals surface area (Å²) in [5, 5.41) is 5.73. The number of pyridine rings is 1. The lowest BCUT2D eigenvalue weighted by Gasteiger charge is -2.24. The molecule has 6 nitrogen and oxygen atoms in total. The summed E-state index contributed by atoms with van der Waals surface area (Å²) in [5.41, 5.74) is 1.77. The number of halogens is 1. The Labute approximate surface area is 175 Å². The van der Waals surface area contributed by atoms with Gasteiger partial charge in [0.2, 0.25) is 5.91 Å². The van der Waals surface area contributed by atoms with Crippen molar-refractivity contribution >= 4 is 17.7 Å². The van der Waals surface area contributed by atoms with E-state index in [1.165, 1.54) is 18.2 Å². The molecule has 0 saturated carbocycles. The number of benzene rings is 1. The number of ether oxygens (including phenoxy) is 1. The van der Waals surface area contributed by atoms with Crippen LogP contribution >= 0.6 is 0 Å². The van der Waals surface area contributed by atoms with E-state index in [4.69, 9.17) is 4.74 Å². The van der Waals surface area contributed by atoms with Crippen molar-refractivity contribution < 1.29 is 18.7 Å². The van der Waals surface area contributed by atoms with Gasteiger partial charge >= 0.3 is 6.09 Å². The number of anilines is 1. The highest BCUT2D eigenvalue weighted by Crippen LogP contribution is 2.31. The molecule has 158 valence electrons. The number of hydrogen-bond acceptors (Lipinski definition) is 4. The van der Waals surface area contributed by atoms with Crippen molar-refractivity contribution in [1.82, 2.24) is 10.3 Å². The van der Waals surface area contributed by atoms with Crippen molar-refractivity contribution in [3.63, 3.8) is 0 Å². The number of alkyl carbamates (subject to hydrolysis) is 1. The van der Waals surface area contributed by atoms with Crippen LogP contribution in [0.4, 0.5) is 14.9 Å². The highest BCUT2D eigenvalue weighted by Gasteiger charge is 2.22. The summed E-state index contributed by atoms with van der Waals surface area (Å²) >= 11 is 0. The number of carbonyl (C=O) groups excluding carboxylic acids is 2. The summed E-state index contributed by atoms with van der Waals surface area (Å²) in [7, 11) is 0. The second-order valence-corrected chi connectivity index (χ2v) is 8.34. The van der Waals surface area contributed by atoms with Gasteiger partial charge in [0.05, 0.1) is 12.0 Å². The van der Waals surface area contributed by atoms with E-state index < -0.39 is 29.5 Å². The molecular formula is C23H26FN3O3. The molecule has 7 heteroatoms. The summed E-state index contributed by atoms with van der Waals surface area (Å²) in [6.07, 6.45) is 6.79. The molecule has 3 rings (SSSR count). The number of carbonyl (C=O) groups is 2. The van der Waals surface area contributed by atoms with Crippen molar-refractivity contribution in [3.05, 3.63) is 60.2 Å². The van der Waals surface area contributed by atoms with Gasteiger partial charge in [0.25, 0.3) is 0 Å². The molecule has 2 N–H and O–H groups in total. The summed E-state index contributed by atoms with van der Waals surface area (Å²) in [4.78, 5) is 29.2. The van der Waals surface area contributed by atoms with E-state index >= 15 is 0 Å². The van der Waals surface area contributed by atoms with Crippen molar-refractivity contribution in [2.75, 3.05) is 5.32 Å². The van der Waals surface area contributed by atoms with Crippen LogP contribution in [0.1, 0.15) is 45.7 Å². The minimum Gasteiger partial charge on any atom is -0.444 e. The van der Waals surface area contributed by atoms with Crippen LogP contribution in [0, 0.1) is 11.7 Å². The molecule has 2 amide bonds. The van der Waals surface area contributed by atoms with E-state index in [0.29, 0.717) is 23.2 Å². The Kier molecular flexibility index (Phi) is 6.20. The van der Waals surface area contributed by atoms with E-state index in [0.717, 1.165) is 5.56 Å². The van der Waals surface area contributed by atoms with E-state index in [2.05, 4.69) is 15.6 Å². The van der Waals surface area contributed by atoms with Crippen LogP contribution in [-0.4, -0.2) is 22.6 Å². The van der Waals surface area contributed by atoms with E-state index in [1.54, 1.807) is 46.2 Å². The van der Waals surface area contributed by atoms with Crippen LogP contribution < -0.4 is 10.6 Å². The van der Waals surface area contributed by atoms with Gasteiger partial charge in [0, 0.05) is 29.2 Å². The zero-order valence-corrected chi connectivity index (χ0v) is 17.5. The number of nitrogens with one attached hydrogen (secondary N) is 2. The monoisotopic (exact) mass is 411 g/mol. The molecule has 0 unspecified atom stereocenters. The molecule has 30 heavy (non-hydrogen) atoms. The molecule has 0 radical (unpaired) electrons. The Morgan fingerprint density at radius 2 is 2.03 bits per heavy atom. The van der Waals surface area contributed by atoms with E-state index in [-0.39, 0.29) is 5.91 Å². The molecule has 2 aromatic rings. The Morgan fingerprint density at radius 3 is 2.77 bits per heavy atom. The zero-order chi connectivity index (χ0) is 21.9. The summed E-state index contributed by atoms with van der Waals surface area (Å²) < 4.78 is 19.4. The number of nitrogens with zero attached hydrogens (tertiary/aromatic N) is 1. The fraction of sp³-hybridized carbons (Fsp3) is 0.348. The van der Waals surface area contributed by atoms with Gasteiger partial charge in [-0.25, -0.2) is 9.18 Å². The molecule has 2 bridgehead atoms. The largest absolute Gasteiger partial charge is 0.444 e. The maximum absolute atomic E-state index is 14.0. The van der Waals surface area contributed by atoms with Gasteiger partial charge in [-0.15, -0.1) is 0 Å². The normalized spacial score (nSPS) is 20.1. The SMILES string of the molecule is C[C@@H]1/C=C\C[C@H](NC(=O)OC(C)(C)C)c2cncc(c2)-c2cc(F)ccc2NC1=O. The molecule has 2 heterocycles. The van der Waals surface area contributed by atoms with Crippen molar-refractivity contribution in [2.45, 2.75) is 45.8 Å². The lowest BCUT2D eigenvalue weighted by atomic mass is 9.97. The first-order chi connectivity index (χ1) is 14.1. The quantitative estimate of drug-likeness (QED) is 0.648. The lowest BCUT2D eigenvalue weighted by molar-refractivity contribution is -0.118. The maximum Gasteiger partial charge on any atom is 0.408 e. The van der Waals surface area contributed by atoms with E-state index in [9.17, 15) is 14.0 Å². The first kappa shape index (κ1) is 21.5. The standard InChI is InChI=1S/C23H26FN3O3/c1-14-6-5-7-19(27-22(29)30-23(2,3)4)16-10-15(12-25-13-16)18-11-17(24)8-9-20(18)26-21(14)28/h5-6,8-14,19H,7H2,1-4H3,(H,26,28)(H,27,29)/b6-5-/t14-,19+/m1/s1. The molecule has 1 aliphatic heterocycles. The van der Waals surface area contributed by atoms with Crippen LogP contribution in [0.15, 0.2) is 48.8 Å². The average Bonchev–Trinajstić information content (AvgIpc) is 2.66. The molecule has 2 atom stereocenters. The smallest absolute Gasteiger partial charge is 0.408 e. The highest BCUT2D eigenvalue weighted by atomic mass is 19.1. The Balaban J connectivity index is 2.04. The second-order valence-electron chi connectivity index (χ2n) is 8.34. The van der Waals surface area contributed by atoms with Crippen LogP contribution in [0.5, 0.6) is 0 Å². The predicted octanol–water partition coefficient (Wildman–Crippen LogP) is 4.99. The number of aromatic nitrogens is 1. The summed E-state index contributed by atoms with van der Waals surface area (Å²) in [5.74, 6) is -1.03. The van der Waals surface area contributed by atoms with Gasteiger partial charge in [-0.1, -0.05) is 19.1 Å². The van der Waals surface area contributed by atoms with Crippen LogP contribution in [0.2, 0.25) is 0 Å². The second kappa shape index (κ2) is 8.65. The van der Waals surface area contributed by atoms with E-state index in [1.807, 2.05) is 12.1 Å². The topological polar surface area (TPSA) is 80.3 Å². The molecule has 0 fully saturated rings. The van der Waals surface area contributed by atoms with Gasteiger partial charge in [-0.05, 0) is 57.0 Å². The molecular weight excluding hydrogens is 385 g/mol. The van der Waals surface area contributed by atoms with Gasteiger partial charge in [-0.2, -0.15) is 0 Å². The highest BCUT2D eigenvalue weighted by molar-refractivity contribution is 5.97. The van der Waals surface area contributed by atoms with Crippen LogP contribution in [0.25, 0.3) is 11.1 Å². The first-order valence-electron chi connectivity index (χ1n) is 9.84. The summed E-state index contributed by atoms with van der Waals surface area (Å²) in [6.45, 7) is 7.15. The number of hydrogen-bond donors (Lipinski definition) is 2. The third-order valence-corrected chi connectivity index (χ3v) is 4.61. The molecule has 1 aromatic carbocycles. The van der Waals surface area contributed by atoms with Crippen molar-refractivity contribution in [3.8, 4) is 11.1 Å². The van der Waals surface area contributed by atoms with Gasteiger partial charge < -0.3 is 15.4 Å². The van der Waals surface area contributed by atoms with Crippen LogP contribution in [-0.2, 0) is 9.53 Å². The Morgan fingerprint density at radius 1 is 1.27 bits per heavy atom. The molecule has 0 saturated heterocycles. The minimum atomic E-state index is -0.630. The Bertz CT molecular complexity index is 982. The van der Waals surface area contributed by atoms with Crippen LogP contribution in [0.3, 0.4) is 0 Å². The zero-order valence-electron chi connectivity index (χ0n) is 17.5. The number of amides is 2. The molecule has 1 aliphatic rings.